The first-order valence-electron chi connectivity index (χ1n) is 7.85. The van der Waals surface area contributed by atoms with E-state index in [1.54, 1.807) is 0 Å². The fourth-order valence-corrected chi connectivity index (χ4v) is 3.84. The molecule has 0 bridgehead atoms. The monoisotopic (exact) mass is 258 g/mol. The maximum atomic E-state index is 3.58. The van der Waals surface area contributed by atoms with E-state index in [1.807, 2.05) is 0 Å². The largest absolute Gasteiger partial charge is 0.315 e. The van der Waals surface area contributed by atoms with E-state index >= 15 is 0 Å². The van der Waals surface area contributed by atoms with E-state index in [1.165, 1.54) is 50.9 Å². The fraction of sp³-hybridized carbons (Fsp3) is 0.647. The molecule has 2 aliphatic rings. The van der Waals surface area contributed by atoms with Crippen LogP contribution in [0, 0.1) is 5.92 Å². The zero-order valence-electron chi connectivity index (χ0n) is 12.0. The third-order valence-corrected chi connectivity index (χ3v) is 4.98. The molecule has 19 heavy (non-hydrogen) atoms. The molecular weight excluding hydrogens is 232 g/mol. The van der Waals surface area contributed by atoms with Gasteiger partial charge in [-0.05, 0) is 57.2 Å². The average molecular weight is 258 g/mol. The second-order valence-electron chi connectivity index (χ2n) is 6.24. The summed E-state index contributed by atoms with van der Waals surface area (Å²) in [6.45, 7) is 6.18. The molecule has 0 spiro atoms. The smallest absolute Gasteiger partial charge is 0.0263 e. The van der Waals surface area contributed by atoms with Crippen LogP contribution < -0.4 is 5.32 Å². The van der Waals surface area contributed by atoms with Crippen LogP contribution >= 0.6 is 0 Å². The van der Waals surface area contributed by atoms with Crippen molar-refractivity contribution in [3.05, 3.63) is 35.9 Å². The SMILES string of the molecule is CC(CCc1ccccc1)N1CCCC2CNCC21. The molecule has 3 rings (SSSR count). The van der Waals surface area contributed by atoms with Gasteiger partial charge in [-0.25, -0.2) is 0 Å². The third-order valence-electron chi connectivity index (χ3n) is 4.98. The molecule has 0 saturated carbocycles. The number of rotatable bonds is 4. The normalized spacial score (nSPS) is 29.1. The Morgan fingerprint density at radius 1 is 1.26 bits per heavy atom. The molecule has 1 N–H and O–H groups in total. The second kappa shape index (κ2) is 6.06. The highest BCUT2D eigenvalue weighted by molar-refractivity contribution is 5.14. The van der Waals surface area contributed by atoms with Crippen molar-refractivity contribution in [1.29, 1.82) is 0 Å². The lowest BCUT2D eigenvalue weighted by atomic mass is 9.90. The molecule has 0 aliphatic carbocycles. The summed E-state index contributed by atoms with van der Waals surface area (Å²) in [5, 5.41) is 3.58. The molecule has 0 radical (unpaired) electrons. The second-order valence-corrected chi connectivity index (χ2v) is 6.24. The van der Waals surface area contributed by atoms with Gasteiger partial charge in [0, 0.05) is 18.6 Å². The van der Waals surface area contributed by atoms with Crippen LogP contribution in [0.15, 0.2) is 30.3 Å². The number of piperidine rings is 1. The molecule has 2 heterocycles. The zero-order valence-corrected chi connectivity index (χ0v) is 12.0. The van der Waals surface area contributed by atoms with Crippen molar-refractivity contribution in [1.82, 2.24) is 10.2 Å². The van der Waals surface area contributed by atoms with Crippen LogP contribution in [-0.4, -0.2) is 36.6 Å². The molecule has 104 valence electrons. The minimum Gasteiger partial charge on any atom is -0.315 e. The predicted molar refractivity (Wildman–Crippen MR) is 80.3 cm³/mol. The molecule has 2 saturated heterocycles. The quantitative estimate of drug-likeness (QED) is 0.893. The lowest BCUT2D eigenvalue weighted by Gasteiger charge is -2.41. The Morgan fingerprint density at radius 2 is 2.11 bits per heavy atom. The number of fused-ring (bicyclic) bond motifs is 1. The maximum Gasteiger partial charge on any atom is 0.0263 e. The highest BCUT2D eigenvalue weighted by Gasteiger charge is 2.36. The van der Waals surface area contributed by atoms with Crippen molar-refractivity contribution in [2.24, 2.45) is 5.92 Å². The number of nitrogens with zero attached hydrogens (tertiary/aromatic N) is 1. The summed E-state index contributed by atoms with van der Waals surface area (Å²) in [6.07, 6.45) is 5.31. The predicted octanol–water partition coefficient (Wildman–Crippen LogP) is 2.69. The summed E-state index contributed by atoms with van der Waals surface area (Å²) in [4.78, 5) is 2.77. The van der Waals surface area contributed by atoms with Crippen LogP contribution in [0.3, 0.4) is 0 Å². The van der Waals surface area contributed by atoms with Gasteiger partial charge in [-0.1, -0.05) is 30.3 Å². The standard InChI is InChI=1S/C17H26N2/c1-14(9-10-15-6-3-2-4-7-15)19-11-5-8-16-12-18-13-17(16)19/h2-4,6-7,14,16-18H,5,8-13H2,1H3. The van der Waals surface area contributed by atoms with Crippen LogP contribution in [0.4, 0.5) is 0 Å². The van der Waals surface area contributed by atoms with Gasteiger partial charge in [0.2, 0.25) is 0 Å². The molecule has 0 aromatic heterocycles. The lowest BCUT2D eigenvalue weighted by molar-refractivity contribution is 0.0810. The highest BCUT2D eigenvalue weighted by atomic mass is 15.2. The first-order chi connectivity index (χ1) is 9.34. The van der Waals surface area contributed by atoms with Crippen LogP contribution in [0.25, 0.3) is 0 Å². The van der Waals surface area contributed by atoms with E-state index in [2.05, 4.69) is 47.5 Å². The van der Waals surface area contributed by atoms with Gasteiger partial charge >= 0.3 is 0 Å². The van der Waals surface area contributed by atoms with Gasteiger partial charge in [-0.3, -0.25) is 4.90 Å². The van der Waals surface area contributed by atoms with Crippen LogP contribution in [0.5, 0.6) is 0 Å². The van der Waals surface area contributed by atoms with E-state index in [-0.39, 0.29) is 0 Å². The van der Waals surface area contributed by atoms with Crippen molar-refractivity contribution >= 4 is 0 Å². The maximum absolute atomic E-state index is 3.58. The van der Waals surface area contributed by atoms with Crippen molar-refractivity contribution in [3.8, 4) is 0 Å². The first-order valence-corrected chi connectivity index (χ1v) is 7.85. The molecule has 2 aliphatic heterocycles. The van der Waals surface area contributed by atoms with E-state index in [9.17, 15) is 0 Å². The van der Waals surface area contributed by atoms with Gasteiger partial charge in [0.1, 0.15) is 0 Å². The summed E-state index contributed by atoms with van der Waals surface area (Å²) in [5.41, 5.74) is 1.48. The van der Waals surface area contributed by atoms with Crippen molar-refractivity contribution in [3.63, 3.8) is 0 Å². The summed E-state index contributed by atoms with van der Waals surface area (Å²) in [7, 11) is 0. The Kier molecular flexibility index (Phi) is 4.19. The number of hydrogen-bond donors (Lipinski definition) is 1. The summed E-state index contributed by atoms with van der Waals surface area (Å²) in [5.74, 6) is 0.910. The van der Waals surface area contributed by atoms with Crippen molar-refractivity contribution in [2.75, 3.05) is 19.6 Å². The molecular formula is C17H26N2. The molecule has 3 unspecified atom stereocenters. The third kappa shape index (κ3) is 3.01. The number of nitrogens with one attached hydrogen (secondary N) is 1. The van der Waals surface area contributed by atoms with E-state index in [4.69, 9.17) is 0 Å². The summed E-state index contributed by atoms with van der Waals surface area (Å²) in [6, 6.07) is 12.4. The topological polar surface area (TPSA) is 15.3 Å². The average Bonchev–Trinajstić information content (AvgIpc) is 2.94. The summed E-state index contributed by atoms with van der Waals surface area (Å²) < 4.78 is 0. The van der Waals surface area contributed by atoms with Crippen LogP contribution in [0.2, 0.25) is 0 Å². The van der Waals surface area contributed by atoms with Gasteiger partial charge in [0.05, 0.1) is 0 Å². The van der Waals surface area contributed by atoms with Gasteiger partial charge in [-0.2, -0.15) is 0 Å². The zero-order chi connectivity index (χ0) is 13.1. The Bertz CT molecular complexity index is 390. The highest BCUT2D eigenvalue weighted by Crippen LogP contribution is 2.29. The Labute approximate surface area is 117 Å². The van der Waals surface area contributed by atoms with Crippen LogP contribution in [0.1, 0.15) is 31.7 Å². The first kappa shape index (κ1) is 13.1. The Balaban J connectivity index is 1.56. The van der Waals surface area contributed by atoms with Gasteiger partial charge in [0.15, 0.2) is 0 Å². The molecule has 3 atom stereocenters. The minimum atomic E-state index is 0.716. The molecule has 2 fully saturated rings. The van der Waals surface area contributed by atoms with Gasteiger partial charge in [-0.15, -0.1) is 0 Å². The Morgan fingerprint density at radius 3 is 2.95 bits per heavy atom. The minimum absolute atomic E-state index is 0.716. The molecule has 1 aromatic rings. The van der Waals surface area contributed by atoms with E-state index < -0.39 is 0 Å². The van der Waals surface area contributed by atoms with E-state index in [0.717, 1.165) is 12.0 Å². The number of hydrogen-bond acceptors (Lipinski definition) is 2. The molecule has 2 nitrogen and oxygen atoms in total. The van der Waals surface area contributed by atoms with E-state index in [0.29, 0.717) is 6.04 Å². The Hall–Kier alpha value is -0.860. The van der Waals surface area contributed by atoms with Gasteiger partial charge in [0.25, 0.3) is 0 Å². The molecule has 2 heteroatoms. The van der Waals surface area contributed by atoms with Gasteiger partial charge < -0.3 is 5.32 Å². The van der Waals surface area contributed by atoms with Crippen molar-refractivity contribution in [2.45, 2.75) is 44.7 Å². The van der Waals surface area contributed by atoms with Crippen LogP contribution in [-0.2, 0) is 6.42 Å². The number of aryl methyl sites for hydroxylation is 1. The molecule has 0 amide bonds. The number of likely N-dealkylation sites (tertiary alicyclic amines) is 1. The lowest BCUT2D eigenvalue weighted by Crippen LogP contribution is -2.49. The summed E-state index contributed by atoms with van der Waals surface area (Å²) >= 11 is 0. The molecule has 1 aromatic carbocycles. The number of benzene rings is 1. The fourth-order valence-electron chi connectivity index (χ4n) is 3.84. The van der Waals surface area contributed by atoms with Crippen molar-refractivity contribution < 1.29 is 0 Å².